The van der Waals surface area contributed by atoms with E-state index in [1.807, 2.05) is 42.2 Å². The van der Waals surface area contributed by atoms with Crippen molar-refractivity contribution >= 4 is 17.5 Å². The van der Waals surface area contributed by atoms with E-state index in [0.29, 0.717) is 23.9 Å². The van der Waals surface area contributed by atoms with Gasteiger partial charge in [-0.3, -0.25) is 9.59 Å². The zero-order valence-electron chi connectivity index (χ0n) is 19.2. The number of anilines is 1. The molecule has 5 heteroatoms. The molecule has 2 aromatic carbocycles. The summed E-state index contributed by atoms with van der Waals surface area (Å²) in [4.78, 5) is 27.3. The monoisotopic (exact) mass is 421 g/mol. The molecule has 1 heterocycles. The average Bonchev–Trinajstić information content (AvgIpc) is 2.73. The minimum Gasteiger partial charge on any atom is -0.376 e. The van der Waals surface area contributed by atoms with Crippen LogP contribution in [0.25, 0.3) is 0 Å². The Morgan fingerprint density at radius 3 is 2.42 bits per heavy atom. The lowest BCUT2D eigenvalue weighted by atomic mass is 9.91. The van der Waals surface area contributed by atoms with Crippen molar-refractivity contribution in [1.82, 2.24) is 10.2 Å². The van der Waals surface area contributed by atoms with Crippen molar-refractivity contribution in [1.29, 1.82) is 0 Å². The van der Waals surface area contributed by atoms with Crippen LogP contribution in [-0.2, 0) is 11.2 Å². The van der Waals surface area contributed by atoms with Gasteiger partial charge in [0, 0.05) is 30.9 Å². The zero-order chi connectivity index (χ0) is 22.4. The number of hydrogen-bond donors (Lipinski definition) is 2. The molecular formula is C26H35N3O2. The predicted molar refractivity (Wildman–Crippen MR) is 126 cm³/mol. The highest BCUT2D eigenvalue weighted by molar-refractivity contribution is 5.95. The van der Waals surface area contributed by atoms with Crippen LogP contribution in [0.5, 0.6) is 0 Å². The molecule has 0 bridgehead atoms. The van der Waals surface area contributed by atoms with Gasteiger partial charge in [0.2, 0.25) is 5.91 Å². The first kappa shape index (κ1) is 22.9. The summed E-state index contributed by atoms with van der Waals surface area (Å²) < 4.78 is 0. The third-order valence-electron chi connectivity index (χ3n) is 6.06. The number of aryl methyl sites for hydroxylation is 2. The van der Waals surface area contributed by atoms with Gasteiger partial charge in [0.05, 0.1) is 6.54 Å². The van der Waals surface area contributed by atoms with Crippen molar-refractivity contribution in [2.45, 2.75) is 40.5 Å². The minimum atomic E-state index is -0.0524. The van der Waals surface area contributed by atoms with Crippen molar-refractivity contribution < 1.29 is 9.59 Å². The van der Waals surface area contributed by atoms with Crippen LogP contribution in [0, 0.1) is 25.7 Å². The van der Waals surface area contributed by atoms with E-state index in [2.05, 4.69) is 43.5 Å². The van der Waals surface area contributed by atoms with Gasteiger partial charge in [-0.1, -0.05) is 44.2 Å². The summed E-state index contributed by atoms with van der Waals surface area (Å²) in [5, 5.41) is 6.18. The summed E-state index contributed by atoms with van der Waals surface area (Å²) >= 11 is 0. The maximum absolute atomic E-state index is 13.0. The third kappa shape index (κ3) is 6.33. The highest BCUT2D eigenvalue weighted by Crippen LogP contribution is 2.24. The van der Waals surface area contributed by atoms with Crippen LogP contribution >= 0.6 is 0 Å². The van der Waals surface area contributed by atoms with Gasteiger partial charge >= 0.3 is 0 Å². The molecule has 1 saturated heterocycles. The molecule has 0 radical (unpaired) electrons. The van der Waals surface area contributed by atoms with Crippen LogP contribution in [-0.4, -0.2) is 42.9 Å². The summed E-state index contributed by atoms with van der Waals surface area (Å²) in [7, 11) is 0. The number of benzene rings is 2. The lowest BCUT2D eigenvalue weighted by Gasteiger charge is -2.35. The Morgan fingerprint density at radius 2 is 1.71 bits per heavy atom. The van der Waals surface area contributed by atoms with Crippen molar-refractivity contribution in [2.24, 2.45) is 11.8 Å². The van der Waals surface area contributed by atoms with E-state index >= 15 is 0 Å². The van der Waals surface area contributed by atoms with E-state index in [1.165, 1.54) is 17.5 Å². The molecule has 2 amide bonds. The van der Waals surface area contributed by atoms with Crippen LogP contribution in [0.3, 0.4) is 0 Å². The predicted octanol–water partition coefficient (Wildman–Crippen LogP) is 4.19. The number of piperidine rings is 1. The van der Waals surface area contributed by atoms with Crippen molar-refractivity contribution in [3.63, 3.8) is 0 Å². The lowest BCUT2D eigenvalue weighted by Crippen LogP contribution is -2.42. The van der Waals surface area contributed by atoms with Crippen LogP contribution in [0.15, 0.2) is 42.5 Å². The Hall–Kier alpha value is -2.82. The molecule has 0 aliphatic carbocycles. The summed E-state index contributed by atoms with van der Waals surface area (Å²) in [5.74, 6) is 1.07. The Labute approximate surface area is 186 Å². The number of carbonyl (C=O) groups excluding carboxylic acids is 2. The third-order valence-corrected chi connectivity index (χ3v) is 6.06. The van der Waals surface area contributed by atoms with E-state index in [-0.39, 0.29) is 18.4 Å². The molecule has 31 heavy (non-hydrogen) atoms. The molecule has 0 spiro atoms. The van der Waals surface area contributed by atoms with Gasteiger partial charge in [-0.25, -0.2) is 0 Å². The average molecular weight is 422 g/mol. The van der Waals surface area contributed by atoms with Gasteiger partial charge in [0.1, 0.15) is 0 Å². The van der Waals surface area contributed by atoms with Gasteiger partial charge in [0.25, 0.3) is 5.91 Å². The number of nitrogens with one attached hydrogen (secondary N) is 2. The fourth-order valence-electron chi connectivity index (χ4n) is 4.42. The molecule has 2 atom stereocenters. The summed E-state index contributed by atoms with van der Waals surface area (Å²) in [6.45, 7) is 10.9. The first-order valence-electron chi connectivity index (χ1n) is 11.3. The van der Waals surface area contributed by atoms with Crippen LogP contribution in [0.4, 0.5) is 5.69 Å². The molecule has 2 unspecified atom stereocenters. The molecule has 1 fully saturated rings. The maximum atomic E-state index is 13.0. The molecule has 2 aromatic rings. The molecule has 3 rings (SSSR count). The summed E-state index contributed by atoms with van der Waals surface area (Å²) in [6.07, 6.45) is 1.98. The number of hydrogen-bond acceptors (Lipinski definition) is 3. The second-order valence-electron chi connectivity index (χ2n) is 9.07. The highest BCUT2D eigenvalue weighted by atomic mass is 16.2. The SMILES string of the molecule is Cc1ccccc1CCNC(=O)CNc1cc(C(=O)N2CC(C)CC(C)C2)ccc1C. The molecular weight excluding hydrogens is 386 g/mol. The van der Waals surface area contributed by atoms with E-state index in [9.17, 15) is 9.59 Å². The Kier molecular flexibility index (Phi) is 7.72. The Balaban J connectivity index is 1.53. The van der Waals surface area contributed by atoms with Crippen LogP contribution < -0.4 is 10.6 Å². The van der Waals surface area contributed by atoms with Crippen LogP contribution in [0.1, 0.15) is 47.3 Å². The molecule has 0 aromatic heterocycles. The van der Waals surface area contributed by atoms with Crippen molar-refractivity contribution in [2.75, 3.05) is 31.5 Å². The minimum absolute atomic E-state index is 0.0524. The summed E-state index contributed by atoms with van der Waals surface area (Å²) in [5.41, 5.74) is 5.01. The quantitative estimate of drug-likeness (QED) is 0.705. The highest BCUT2D eigenvalue weighted by Gasteiger charge is 2.26. The zero-order valence-corrected chi connectivity index (χ0v) is 19.2. The van der Waals surface area contributed by atoms with E-state index in [4.69, 9.17) is 0 Å². The van der Waals surface area contributed by atoms with Crippen molar-refractivity contribution in [3.05, 3.63) is 64.7 Å². The number of nitrogens with zero attached hydrogens (tertiary/aromatic N) is 1. The fraction of sp³-hybridized carbons (Fsp3) is 0.462. The molecule has 5 nitrogen and oxygen atoms in total. The molecule has 2 N–H and O–H groups in total. The summed E-state index contributed by atoms with van der Waals surface area (Å²) in [6, 6.07) is 13.9. The first-order chi connectivity index (χ1) is 14.8. The number of likely N-dealkylation sites (tertiary alicyclic amines) is 1. The Bertz CT molecular complexity index is 915. The van der Waals surface area contributed by atoms with Crippen molar-refractivity contribution in [3.8, 4) is 0 Å². The second kappa shape index (κ2) is 10.5. The maximum Gasteiger partial charge on any atom is 0.253 e. The van der Waals surface area contributed by atoms with E-state index in [1.54, 1.807) is 0 Å². The topological polar surface area (TPSA) is 61.4 Å². The second-order valence-corrected chi connectivity index (χ2v) is 9.07. The standard InChI is InChI=1S/C26H35N3O2/c1-18-13-19(2)17-29(16-18)26(31)23-10-9-21(4)24(14-23)28-15-25(30)27-12-11-22-8-6-5-7-20(22)3/h5-10,14,18-19,28H,11-13,15-17H2,1-4H3,(H,27,30). The fourth-order valence-corrected chi connectivity index (χ4v) is 4.42. The van der Waals surface area contributed by atoms with Gasteiger partial charge in [-0.05, 0) is 67.3 Å². The van der Waals surface area contributed by atoms with Gasteiger partial charge < -0.3 is 15.5 Å². The largest absolute Gasteiger partial charge is 0.376 e. The number of rotatable bonds is 7. The van der Waals surface area contributed by atoms with Gasteiger partial charge in [-0.2, -0.15) is 0 Å². The molecule has 1 aliphatic heterocycles. The van der Waals surface area contributed by atoms with Crippen LogP contribution in [0.2, 0.25) is 0 Å². The van der Waals surface area contributed by atoms with Gasteiger partial charge in [-0.15, -0.1) is 0 Å². The molecule has 1 aliphatic rings. The Morgan fingerprint density at radius 1 is 1.00 bits per heavy atom. The number of carbonyl (C=O) groups is 2. The molecule has 166 valence electrons. The first-order valence-corrected chi connectivity index (χ1v) is 11.3. The number of amides is 2. The van der Waals surface area contributed by atoms with Gasteiger partial charge in [0.15, 0.2) is 0 Å². The smallest absolute Gasteiger partial charge is 0.253 e. The molecule has 0 saturated carbocycles. The van der Waals surface area contributed by atoms with E-state index in [0.717, 1.165) is 30.8 Å². The normalized spacial score (nSPS) is 18.5. The van der Waals surface area contributed by atoms with E-state index < -0.39 is 0 Å². The lowest BCUT2D eigenvalue weighted by molar-refractivity contribution is -0.119.